The van der Waals surface area contributed by atoms with E-state index >= 15 is 0 Å². The summed E-state index contributed by atoms with van der Waals surface area (Å²) < 4.78 is 0.750. The van der Waals surface area contributed by atoms with E-state index in [9.17, 15) is 9.59 Å². The van der Waals surface area contributed by atoms with E-state index in [1.807, 2.05) is 55.4 Å². The normalized spacial score (nSPS) is 11.8. The van der Waals surface area contributed by atoms with Gasteiger partial charge in [0, 0.05) is 24.3 Å². The maximum absolute atomic E-state index is 12.2. The van der Waals surface area contributed by atoms with Crippen molar-refractivity contribution in [3.8, 4) is 0 Å². The molecule has 1 unspecified atom stereocenters. The molecule has 0 fully saturated rings. The first-order valence-corrected chi connectivity index (χ1v) is 8.83. The van der Waals surface area contributed by atoms with E-state index in [0.717, 1.165) is 15.7 Å². The van der Waals surface area contributed by atoms with Gasteiger partial charge in [-0.05, 0) is 52.7 Å². The molecular weight excluding hydrogens is 396 g/mol. The minimum atomic E-state index is -0.879. The SMILES string of the molecule is CC(C(=O)NN=Cc1ccc(N(C)C)cc1)C(=O)Nc1ccccc1Br. The molecule has 1 atom stereocenters. The average Bonchev–Trinajstić information content (AvgIpc) is 2.63. The molecule has 0 aromatic heterocycles. The maximum Gasteiger partial charge on any atom is 0.252 e. The molecule has 0 saturated carbocycles. The third-order valence-electron chi connectivity index (χ3n) is 3.72. The number of amides is 2. The number of rotatable bonds is 6. The summed E-state index contributed by atoms with van der Waals surface area (Å²) in [5.74, 6) is -1.76. The molecule has 0 radical (unpaired) electrons. The Morgan fingerprint density at radius 3 is 2.35 bits per heavy atom. The van der Waals surface area contributed by atoms with Crippen LogP contribution in [0.4, 0.5) is 11.4 Å². The highest BCUT2D eigenvalue weighted by Crippen LogP contribution is 2.21. The maximum atomic E-state index is 12.2. The van der Waals surface area contributed by atoms with Gasteiger partial charge in [0.15, 0.2) is 0 Å². The summed E-state index contributed by atoms with van der Waals surface area (Å²) in [6.45, 7) is 1.53. The molecule has 2 rings (SSSR count). The Kier molecular flexibility index (Phi) is 6.91. The zero-order valence-electron chi connectivity index (χ0n) is 14.9. The second-order valence-corrected chi connectivity index (χ2v) is 6.77. The summed E-state index contributed by atoms with van der Waals surface area (Å²) in [5.41, 5.74) is 4.93. The van der Waals surface area contributed by atoms with E-state index in [-0.39, 0.29) is 0 Å². The molecule has 0 bridgehead atoms. The first-order chi connectivity index (χ1) is 12.4. The zero-order valence-corrected chi connectivity index (χ0v) is 16.4. The van der Waals surface area contributed by atoms with Gasteiger partial charge in [-0.1, -0.05) is 24.3 Å². The first kappa shape index (κ1) is 19.7. The second-order valence-electron chi connectivity index (χ2n) is 5.91. The van der Waals surface area contributed by atoms with Crippen LogP contribution in [0.5, 0.6) is 0 Å². The van der Waals surface area contributed by atoms with Crippen LogP contribution in [-0.2, 0) is 9.59 Å². The molecule has 2 amide bonds. The van der Waals surface area contributed by atoms with Crippen LogP contribution in [-0.4, -0.2) is 32.1 Å². The minimum absolute atomic E-state index is 0.403. The van der Waals surface area contributed by atoms with Crippen molar-refractivity contribution in [2.45, 2.75) is 6.92 Å². The van der Waals surface area contributed by atoms with Crippen LogP contribution in [0.25, 0.3) is 0 Å². The lowest BCUT2D eigenvalue weighted by Gasteiger charge is -2.12. The highest BCUT2D eigenvalue weighted by molar-refractivity contribution is 9.10. The largest absolute Gasteiger partial charge is 0.378 e. The van der Waals surface area contributed by atoms with Gasteiger partial charge in [-0.25, -0.2) is 5.43 Å². The van der Waals surface area contributed by atoms with Crippen molar-refractivity contribution in [3.05, 3.63) is 58.6 Å². The van der Waals surface area contributed by atoms with Gasteiger partial charge in [0.05, 0.1) is 11.9 Å². The summed E-state index contributed by atoms with van der Waals surface area (Å²) in [6.07, 6.45) is 1.54. The van der Waals surface area contributed by atoms with Crippen LogP contribution in [0, 0.1) is 5.92 Å². The second kappa shape index (κ2) is 9.15. The number of hydrogen-bond acceptors (Lipinski definition) is 4. The number of carbonyl (C=O) groups excluding carboxylic acids is 2. The molecule has 26 heavy (non-hydrogen) atoms. The lowest BCUT2D eigenvalue weighted by Crippen LogP contribution is -2.34. The molecule has 0 heterocycles. The quantitative estimate of drug-likeness (QED) is 0.431. The van der Waals surface area contributed by atoms with Gasteiger partial charge in [0.2, 0.25) is 5.91 Å². The Bertz CT molecular complexity index is 803. The van der Waals surface area contributed by atoms with E-state index in [1.54, 1.807) is 12.1 Å². The van der Waals surface area contributed by atoms with Crippen LogP contribution in [0.2, 0.25) is 0 Å². The summed E-state index contributed by atoms with van der Waals surface area (Å²) >= 11 is 3.35. The monoisotopic (exact) mass is 416 g/mol. The Morgan fingerprint density at radius 2 is 1.73 bits per heavy atom. The molecule has 136 valence electrons. The van der Waals surface area contributed by atoms with Crippen LogP contribution < -0.4 is 15.6 Å². The smallest absolute Gasteiger partial charge is 0.252 e. The third-order valence-corrected chi connectivity index (χ3v) is 4.41. The highest BCUT2D eigenvalue weighted by Gasteiger charge is 2.21. The standard InChI is InChI=1S/C19H21BrN4O2/c1-13(18(25)22-17-7-5-4-6-16(17)20)19(26)23-21-12-14-8-10-15(11-9-14)24(2)3/h4-13H,1-3H3,(H,22,25)(H,23,26). The average molecular weight is 417 g/mol. The number of hydrazone groups is 1. The van der Waals surface area contributed by atoms with Gasteiger partial charge >= 0.3 is 0 Å². The fourth-order valence-corrected chi connectivity index (χ4v) is 2.43. The molecule has 0 saturated heterocycles. The van der Waals surface area contributed by atoms with E-state index in [0.29, 0.717) is 5.69 Å². The summed E-state index contributed by atoms with van der Waals surface area (Å²) in [6, 6.07) is 14.9. The van der Waals surface area contributed by atoms with Crippen LogP contribution in [0.1, 0.15) is 12.5 Å². The molecule has 0 aliphatic carbocycles. The lowest BCUT2D eigenvalue weighted by molar-refractivity contribution is -0.131. The van der Waals surface area contributed by atoms with Crippen LogP contribution >= 0.6 is 15.9 Å². The van der Waals surface area contributed by atoms with E-state index in [1.165, 1.54) is 13.1 Å². The molecular formula is C19H21BrN4O2. The Morgan fingerprint density at radius 1 is 1.08 bits per heavy atom. The number of nitrogens with one attached hydrogen (secondary N) is 2. The number of para-hydroxylation sites is 1. The van der Waals surface area contributed by atoms with Crippen molar-refractivity contribution in [2.24, 2.45) is 11.0 Å². The van der Waals surface area contributed by atoms with Crippen molar-refractivity contribution in [2.75, 3.05) is 24.3 Å². The molecule has 2 N–H and O–H groups in total. The zero-order chi connectivity index (χ0) is 19.1. The van der Waals surface area contributed by atoms with Crippen molar-refractivity contribution >= 4 is 45.3 Å². The van der Waals surface area contributed by atoms with Gasteiger partial charge in [-0.2, -0.15) is 5.10 Å². The van der Waals surface area contributed by atoms with E-state index in [4.69, 9.17) is 0 Å². The number of benzene rings is 2. The van der Waals surface area contributed by atoms with E-state index in [2.05, 4.69) is 31.8 Å². The molecule has 6 nitrogen and oxygen atoms in total. The number of hydrogen-bond donors (Lipinski definition) is 2. The van der Waals surface area contributed by atoms with Gasteiger partial charge in [0.25, 0.3) is 5.91 Å². The van der Waals surface area contributed by atoms with Crippen LogP contribution in [0.15, 0.2) is 58.1 Å². The third kappa shape index (κ3) is 5.42. The molecule has 7 heteroatoms. The van der Waals surface area contributed by atoms with Crippen molar-refractivity contribution < 1.29 is 9.59 Å². The summed E-state index contributed by atoms with van der Waals surface area (Å²) in [4.78, 5) is 26.3. The van der Waals surface area contributed by atoms with Gasteiger partial charge in [-0.3, -0.25) is 9.59 Å². The van der Waals surface area contributed by atoms with Gasteiger partial charge in [0.1, 0.15) is 5.92 Å². The topological polar surface area (TPSA) is 73.8 Å². The number of nitrogens with zero attached hydrogens (tertiary/aromatic N) is 2. The van der Waals surface area contributed by atoms with Crippen molar-refractivity contribution in [1.29, 1.82) is 0 Å². The number of anilines is 2. The fourth-order valence-electron chi connectivity index (χ4n) is 2.05. The Hall–Kier alpha value is -2.67. The Labute approximate surface area is 161 Å². The number of halogens is 1. The summed E-state index contributed by atoms with van der Waals surface area (Å²) in [7, 11) is 3.92. The van der Waals surface area contributed by atoms with Crippen molar-refractivity contribution in [3.63, 3.8) is 0 Å². The molecule has 0 spiro atoms. The molecule has 0 aliphatic rings. The predicted molar refractivity (Wildman–Crippen MR) is 108 cm³/mol. The predicted octanol–water partition coefficient (Wildman–Crippen LogP) is 3.24. The Balaban J connectivity index is 1.90. The lowest BCUT2D eigenvalue weighted by atomic mass is 10.1. The molecule has 2 aromatic rings. The highest BCUT2D eigenvalue weighted by atomic mass is 79.9. The fraction of sp³-hybridized carbons (Fsp3) is 0.211. The van der Waals surface area contributed by atoms with Gasteiger partial charge < -0.3 is 10.2 Å². The summed E-state index contributed by atoms with van der Waals surface area (Å²) in [5, 5.41) is 6.63. The van der Waals surface area contributed by atoms with E-state index < -0.39 is 17.7 Å². The minimum Gasteiger partial charge on any atom is -0.378 e. The van der Waals surface area contributed by atoms with Gasteiger partial charge in [-0.15, -0.1) is 0 Å². The molecule has 0 aliphatic heterocycles. The van der Waals surface area contributed by atoms with Crippen LogP contribution in [0.3, 0.4) is 0 Å². The van der Waals surface area contributed by atoms with Crippen molar-refractivity contribution in [1.82, 2.24) is 5.43 Å². The first-order valence-electron chi connectivity index (χ1n) is 8.04. The molecule has 2 aromatic carbocycles. The number of carbonyl (C=O) groups is 2.